The Balaban J connectivity index is 1.40. The molecule has 19 heteroatoms. The van der Waals surface area contributed by atoms with Crippen LogP contribution in [0.25, 0.3) is 5.69 Å². The highest BCUT2D eigenvalue weighted by atomic mass is 79.9. The minimum atomic E-state index is -4.77. The van der Waals surface area contributed by atoms with Crippen LogP contribution < -0.4 is 21.5 Å². The Morgan fingerprint density at radius 3 is 2.32 bits per heavy atom. The number of hydrogen-bond acceptors (Lipinski definition) is 8. The summed E-state index contributed by atoms with van der Waals surface area (Å²) in [5.74, 6) is -4.75. The molecule has 2 aliphatic heterocycles. The Morgan fingerprint density at radius 1 is 0.982 bits per heavy atom. The van der Waals surface area contributed by atoms with Crippen molar-refractivity contribution in [3.8, 4) is 17.2 Å². The van der Waals surface area contributed by atoms with Crippen LogP contribution in [0.3, 0.4) is 0 Å². The third-order valence-electron chi connectivity index (χ3n) is 10.5. The van der Waals surface area contributed by atoms with Crippen LogP contribution >= 0.6 is 55.1 Å². The number of phenolic OH excluding ortho intramolecular Hbond substituents is 1. The van der Waals surface area contributed by atoms with E-state index in [9.17, 15) is 32.7 Å². The van der Waals surface area contributed by atoms with Gasteiger partial charge in [0.05, 0.1) is 51.8 Å². The summed E-state index contributed by atoms with van der Waals surface area (Å²) in [6.07, 6.45) is -2.70. The second kappa shape index (κ2) is 13.7. The Morgan fingerprint density at radius 2 is 1.68 bits per heavy atom. The van der Waals surface area contributed by atoms with Crippen LogP contribution in [0.2, 0.25) is 10.0 Å². The number of halogens is 7. The maximum Gasteiger partial charge on any atom is 0.417 e. The van der Waals surface area contributed by atoms with Gasteiger partial charge in [-0.3, -0.25) is 15.0 Å². The maximum atomic E-state index is 15.4. The Bertz CT molecular complexity index is 2630. The van der Waals surface area contributed by atoms with Gasteiger partial charge < -0.3 is 9.84 Å². The molecule has 288 valence electrons. The van der Waals surface area contributed by atoms with Crippen LogP contribution in [0.1, 0.15) is 35.1 Å². The second-order valence-electron chi connectivity index (χ2n) is 13.3. The molecule has 3 aromatic carbocycles. The normalized spacial score (nSPS) is 21.7. The molecule has 1 saturated carbocycles. The number of methoxy groups -OCH3 is 1. The number of fused-ring (bicyclic) bond motifs is 4. The highest BCUT2D eigenvalue weighted by molar-refractivity contribution is 9.13. The molecule has 0 unspecified atom stereocenters. The van der Waals surface area contributed by atoms with Crippen molar-refractivity contribution in [3.63, 3.8) is 0 Å². The predicted molar refractivity (Wildman–Crippen MR) is 205 cm³/mol. The molecule has 8 rings (SSSR count). The molecule has 4 heterocycles. The van der Waals surface area contributed by atoms with Gasteiger partial charge in [0.15, 0.2) is 17.3 Å². The lowest BCUT2D eigenvalue weighted by molar-refractivity contribution is -0.139. The summed E-state index contributed by atoms with van der Waals surface area (Å²) in [6, 6.07) is 15.7. The number of carbonyl (C=O) groups is 2. The lowest BCUT2D eigenvalue weighted by atomic mass is 9.53. The number of pyridine rings is 1. The van der Waals surface area contributed by atoms with Gasteiger partial charge in [-0.25, -0.2) is 28.5 Å². The summed E-state index contributed by atoms with van der Waals surface area (Å²) in [7, 11) is 1.34. The number of para-hydroxylation sites is 1. The lowest BCUT2D eigenvalue weighted by Crippen LogP contribution is -2.53. The van der Waals surface area contributed by atoms with Crippen molar-refractivity contribution in [1.82, 2.24) is 23.9 Å². The van der Waals surface area contributed by atoms with Gasteiger partial charge >= 0.3 is 17.6 Å². The van der Waals surface area contributed by atoms with Crippen LogP contribution in [0, 0.1) is 5.92 Å². The predicted octanol–water partition coefficient (Wildman–Crippen LogP) is 7.38. The zero-order valence-electron chi connectivity index (χ0n) is 28.5. The number of benzene rings is 3. The summed E-state index contributed by atoms with van der Waals surface area (Å²) in [4.78, 5) is 62.4. The van der Waals surface area contributed by atoms with Gasteiger partial charge in [-0.2, -0.15) is 18.2 Å². The number of ether oxygens (including phenoxy) is 1. The number of anilines is 1. The SMILES string of the molecule is COc1cc([C@H]2C3=CCn4c(=O)n(-c5ccccc5)c(=O)n4[C@@H]3C[C@H]3C(=O)N(Nc4ncc(C(F)(F)F)cc4Cl)C(=O)[C@@]23c2ccc(Cl)cc2)c(Br)c(Br)c1O. The fourth-order valence-corrected chi connectivity index (χ4v) is 9.45. The molecule has 12 nitrogen and oxygen atoms in total. The van der Waals surface area contributed by atoms with E-state index in [4.69, 9.17) is 27.9 Å². The molecule has 1 aliphatic carbocycles. The van der Waals surface area contributed by atoms with Crippen LogP contribution in [-0.2, 0) is 27.7 Å². The van der Waals surface area contributed by atoms with Crippen molar-refractivity contribution >= 4 is 72.7 Å². The van der Waals surface area contributed by atoms with Crippen molar-refractivity contribution in [3.05, 3.63) is 141 Å². The van der Waals surface area contributed by atoms with E-state index in [-0.39, 0.29) is 33.4 Å². The lowest BCUT2D eigenvalue weighted by Gasteiger charge is -2.49. The highest BCUT2D eigenvalue weighted by Gasteiger charge is 2.69. The quantitative estimate of drug-likeness (QED) is 0.133. The zero-order valence-corrected chi connectivity index (χ0v) is 33.2. The topological polar surface area (TPSA) is 141 Å². The number of hydrogen-bond donors (Lipinski definition) is 2. The first-order chi connectivity index (χ1) is 26.6. The summed E-state index contributed by atoms with van der Waals surface area (Å²) in [5.41, 5.74) is -0.244. The average Bonchev–Trinajstić information content (AvgIpc) is 3.55. The summed E-state index contributed by atoms with van der Waals surface area (Å²) in [5, 5.41) is 11.5. The van der Waals surface area contributed by atoms with E-state index in [0.717, 1.165) is 4.57 Å². The molecule has 0 spiro atoms. The number of aromatic nitrogens is 4. The van der Waals surface area contributed by atoms with Gasteiger partial charge in [0, 0.05) is 21.6 Å². The zero-order chi connectivity index (χ0) is 40.0. The summed E-state index contributed by atoms with van der Waals surface area (Å²) < 4.78 is 50.1. The fourth-order valence-electron chi connectivity index (χ4n) is 8.16. The van der Waals surface area contributed by atoms with E-state index >= 15 is 4.79 Å². The molecular weight excluding hydrogens is 912 g/mol. The molecule has 1 saturated heterocycles. The number of rotatable bonds is 6. The van der Waals surface area contributed by atoms with E-state index in [1.165, 1.54) is 22.5 Å². The standard InChI is InChI=1S/C37H25Br2Cl2F3N6O6/c1-56-26-14-22(28(38)29(39)30(26)51)27-21-11-12-47-34(54)48(20-5-3-2-4-6-20)35(55)50(47)25(21)15-23-32(52)49(33(53)36(23,27)17-7-9-19(40)10-8-17)46-31-24(41)13-18(16-45-31)37(42,43)44/h2-11,13-14,16,23,25,27,51H,12,15H2,1H3,(H,45,46)/t23-,25+,27+,36+/m0/s1. The van der Waals surface area contributed by atoms with E-state index in [0.29, 0.717) is 44.7 Å². The minimum absolute atomic E-state index is 0.00760. The molecule has 2 N–H and O–H groups in total. The van der Waals surface area contributed by atoms with Crippen LogP contribution in [0.15, 0.2) is 103 Å². The molecular formula is C37H25Br2Cl2F3N6O6. The van der Waals surface area contributed by atoms with Crippen molar-refractivity contribution in [2.24, 2.45) is 5.92 Å². The highest BCUT2D eigenvalue weighted by Crippen LogP contribution is 2.63. The molecule has 5 aromatic rings. The number of nitrogens with one attached hydrogen (secondary N) is 1. The molecule has 0 bridgehead atoms. The van der Waals surface area contributed by atoms with Crippen molar-refractivity contribution in [1.29, 1.82) is 0 Å². The number of aromatic hydroxyl groups is 1. The van der Waals surface area contributed by atoms with Gasteiger partial charge in [-0.05, 0) is 91.4 Å². The molecule has 3 aliphatic rings. The first-order valence-corrected chi connectivity index (χ1v) is 19.0. The average molecular weight is 937 g/mol. The number of allylic oxidation sites excluding steroid dienone is 2. The van der Waals surface area contributed by atoms with Crippen molar-refractivity contribution in [2.75, 3.05) is 12.5 Å². The molecule has 2 aromatic heterocycles. The molecule has 56 heavy (non-hydrogen) atoms. The molecule has 0 radical (unpaired) electrons. The number of hydrazine groups is 1. The van der Waals surface area contributed by atoms with Gasteiger partial charge in [0.1, 0.15) is 0 Å². The van der Waals surface area contributed by atoms with E-state index < -0.39 is 69.1 Å². The summed E-state index contributed by atoms with van der Waals surface area (Å²) >= 11 is 19.6. The molecule has 2 fully saturated rings. The number of amides is 2. The molecule has 4 atom stereocenters. The van der Waals surface area contributed by atoms with Crippen LogP contribution in [0.4, 0.5) is 19.0 Å². The van der Waals surface area contributed by atoms with Gasteiger partial charge in [0.25, 0.3) is 11.8 Å². The van der Waals surface area contributed by atoms with Gasteiger partial charge in [0.2, 0.25) is 0 Å². The number of imide groups is 1. The van der Waals surface area contributed by atoms with Crippen LogP contribution in [0.5, 0.6) is 11.5 Å². The Hall–Kier alpha value is -4.84. The largest absolute Gasteiger partial charge is 0.503 e. The third kappa shape index (κ3) is 5.56. The second-order valence-corrected chi connectivity index (χ2v) is 15.7. The Labute approximate surface area is 340 Å². The van der Waals surface area contributed by atoms with E-state index in [2.05, 4.69) is 42.3 Å². The van der Waals surface area contributed by atoms with E-state index in [1.807, 2.05) is 0 Å². The number of nitrogens with zero attached hydrogens (tertiary/aromatic N) is 5. The smallest absolute Gasteiger partial charge is 0.417 e. The first-order valence-electron chi connectivity index (χ1n) is 16.7. The minimum Gasteiger partial charge on any atom is -0.503 e. The number of phenols is 1. The van der Waals surface area contributed by atoms with E-state index in [1.54, 1.807) is 60.7 Å². The van der Waals surface area contributed by atoms with Crippen molar-refractivity contribution < 1.29 is 32.6 Å². The third-order valence-corrected chi connectivity index (χ3v) is 13.2. The van der Waals surface area contributed by atoms with Crippen molar-refractivity contribution in [2.45, 2.75) is 36.5 Å². The van der Waals surface area contributed by atoms with Gasteiger partial charge in [-0.15, -0.1) is 0 Å². The maximum absolute atomic E-state index is 15.4. The monoisotopic (exact) mass is 934 g/mol. The fraction of sp³-hybridized carbons (Fsp3) is 0.216. The van der Waals surface area contributed by atoms with Crippen LogP contribution in [-0.4, -0.2) is 48.0 Å². The molecule has 2 amide bonds. The Kier molecular flexibility index (Phi) is 9.29. The number of carbonyl (C=O) groups excluding carboxylic acids is 2. The first kappa shape index (κ1) is 38.1. The number of alkyl halides is 3. The van der Waals surface area contributed by atoms with Gasteiger partial charge in [-0.1, -0.05) is 59.6 Å². The summed E-state index contributed by atoms with van der Waals surface area (Å²) in [6.45, 7) is -0.0964.